The third-order valence-corrected chi connectivity index (χ3v) is 3.66. The fraction of sp³-hybridized carbons (Fsp3) is 0.500. The van der Waals surface area contributed by atoms with Crippen LogP contribution in [-0.4, -0.2) is 38.9 Å². The molecular formula is C14H18N4O. The van der Waals surface area contributed by atoms with Crippen molar-refractivity contribution >= 4 is 16.9 Å². The highest BCUT2D eigenvalue weighted by atomic mass is 16.2. The van der Waals surface area contributed by atoms with E-state index in [1.54, 1.807) is 4.68 Å². The Bertz CT molecular complexity index is 570. The van der Waals surface area contributed by atoms with Crippen molar-refractivity contribution in [1.82, 2.24) is 19.9 Å². The number of amides is 1. The summed E-state index contributed by atoms with van der Waals surface area (Å²) >= 11 is 0. The van der Waals surface area contributed by atoms with Crippen LogP contribution in [0.25, 0.3) is 11.0 Å². The number of aromatic nitrogens is 3. The van der Waals surface area contributed by atoms with Crippen LogP contribution in [0.3, 0.4) is 0 Å². The van der Waals surface area contributed by atoms with Crippen molar-refractivity contribution in [3.8, 4) is 0 Å². The third-order valence-electron chi connectivity index (χ3n) is 3.66. The standard InChI is InChI=1S/C14H18N4O/c19-14(17-9-5-1-2-6-10-17)11-18-13-8-4-3-7-12(13)15-16-18/h3-4,7-8H,1-2,5-6,9-11H2. The smallest absolute Gasteiger partial charge is 0.244 e. The Balaban J connectivity index is 1.75. The molecule has 0 atom stereocenters. The molecular weight excluding hydrogens is 240 g/mol. The van der Waals surface area contributed by atoms with Gasteiger partial charge in [-0.15, -0.1) is 5.10 Å². The number of benzene rings is 1. The second kappa shape index (κ2) is 5.38. The minimum atomic E-state index is 0.151. The SMILES string of the molecule is O=C(Cn1nnc2ccccc21)N1CCCCCC1. The summed E-state index contributed by atoms with van der Waals surface area (Å²) in [6.07, 6.45) is 4.69. The first-order valence-corrected chi connectivity index (χ1v) is 6.90. The van der Waals surface area contributed by atoms with Crippen molar-refractivity contribution in [2.45, 2.75) is 32.2 Å². The molecule has 2 heterocycles. The van der Waals surface area contributed by atoms with E-state index in [4.69, 9.17) is 0 Å². The molecule has 0 radical (unpaired) electrons. The molecule has 1 aliphatic rings. The quantitative estimate of drug-likeness (QED) is 0.825. The molecule has 1 saturated heterocycles. The van der Waals surface area contributed by atoms with E-state index in [1.807, 2.05) is 29.2 Å². The van der Waals surface area contributed by atoms with Crippen molar-refractivity contribution in [3.63, 3.8) is 0 Å². The van der Waals surface area contributed by atoms with Crippen LogP contribution >= 0.6 is 0 Å². The summed E-state index contributed by atoms with van der Waals surface area (Å²) < 4.78 is 1.70. The molecule has 3 rings (SSSR count). The molecule has 2 aromatic rings. The third kappa shape index (κ3) is 2.59. The van der Waals surface area contributed by atoms with E-state index in [2.05, 4.69) is 10.3 Å². The molecule has 5 nitrogen and oxygen atoms in total. The monoisotopic (exact) mass is 258 g/mol. The van der Waals surface area contributed by atoms with Gasteiger partial charge in [-0.3, -0.25) is 4.79 Å². The Morgan fingerprint density at radius 2 is 1.84 bits per heavy atom. The average Bonchev–Trinajstić information content (AvgIpc) is 2.66. The lowest BCUT2D eigenvalue weighted by Crippen LogP contribution is -2.34. The second-order valence-electron chi connectivity index (χ2n) is 5.03. The number of hydrogen-bond acceptors (Lipinski definition) is 3. The molecule has 1 aromatic heterocycles. The summed E-state index contributed by atoms with van der Waals surface area (Å²) in [6.45, 7) is 2.05. The Morgan fingerprint density at radius 3 is 2.63 bits per heavy atom. The number of para-hydroxylation sites is 1. The molecule has 1 fully saturated rings. The molecule has 1 amide bonds. The van der Waals surface area contributed by atoms with Gasteiger partial charge in [-0.25, -0.2) is 4.68 Å². The van der Waals surface area contributed by atoms with E-state index in [1.165, 1.54) is 12.8 Å². The summed E-state index contributed by atoms with van der Waals surface area (Å²) in [5.41, 5.74) is 1.76. The van der Waals surface area contributed by atoms with E-state index >= 15 is 0 Å². The highest BCUT2D eigenvalue weighted by Gasteiger charge is 2.17. The number of rotatable bonds is 2. The predicted octanol–water partition coefficient (Wildman–Crippen LogP) is 1.83. The van der Waals surface area contributed by atoms with Crippen molar-refractivity contribution in [2.24, 2.45) is 0 Å². The number of carbonyl (C=O) groups excluding carboxylic acids is 1. The van der Waals surface area contributed by atoms with Gasteiger partial charge >= 0.3 is 0 Å². The van der Waals surface area contributed by atoms with Crippen LogP contribution in [0, 0.1) is 0 Å². The maximum absolute atomic E-state index is 12.3. The maximum atomic E-state index is 12.3. The number of nitrogens with zero attached hydrogens (tertiary/aromatic N) is 4. The van der Waals surface area contributed by atoms with Crippen molar-refractivity contribution in [3.05, 3.63) is 24.3 Å². The average molecular weight is 258 g/mol. The zero-order valence-corrected chi connectivity index (χ0v) is 11.0. The highest BCUT2D eigenvalue weighted by Crippen LogP contribution is 2.12. The summed E-state index contributed by atoms with van der Waals surface area (Å²) in [5.74, 6) is 0.151. The lowest BCUT2D eigenvalue weighted by atomic mass is 10.2. The molecule has 0 unspecified atom stereocenters. The molecule has 0 aliphatic carbocycles. The van der Waals surface area contributed by atoms with Gasteiger partial charge in [0.15, 0.2) is 0 Å². The zero-order valence-electron chi connectivity index (χ0n) is 11.0. The molecule has 1 aliphatic heterocycles. The van der Waals surface area contributed by atoms with Crippen LogP contribution in [0.4, 0.5) is 0 Å². The number of likely N-dealkylation sites (tertiary alicyclic amines) is 1. The first kappa shape index (κ1) is 12.1. The van der Waals surface area contributed by atoms with Crippen molar-refractivity contribution < 1.29 is 4.79 Å². The van der Waals surface area contributed by atoms with Crippen LogP contribution in [0.5, 0.6) is 0 Å². The van der Waals surface area contributed by atoms with Crippen LogP contribution in [0.1, 0.15) is 25.7 Å². The first-order valence-electron chi connectivity index (χ1n) is 6.90. The van der Waals surface area contributed by atoms with Gasteiger partial charge in [-0.2, -0.15) is 0 Å². The molecule has 0 spiro atoms. The number of fused-ring (bicyclic) bond motifs is 1. The van der Waals surface area contributed by atoms with Gasteiger partial charge in [0.2, 0.25) is 5.91 Å². The fourth-order valence-electron chi connectivity index (χ4n) is 2.58. The molecule has 19 heavy (non-hydrogen) atoms. The number of carbonyl (C=O) groups is 1. The van der Waals surface area contributed by atoms with Gasteiger partial charge in [-0.1, -0.05) is 30.2 Å². The normalized spacial score (nSPS) is 16.5. The van der Waals surface area contributed by atoms with Gasteiger partial charge < -0.3 is 4.90 Å². The van der Waals surface area contributed by atoms with Gasteiger partial charge in [0.25, 0.3) is 0 Å². The van der Waals surface area contributed by atoms with Gasteiger partial charge in [-0.05, 0) is 25.0 Å². The minimum Gasteiger partial charge on any atom is -0.341 e. The maximum Gasteiger partial charge on any atom is 0.244 e. The minimum absolute atomic E-state index is 0.151. The summed E-state index contributed by atoms with van der Waals surface area (Å²) in [7, 11) is 0. The molecule has 1 aromatic carbocycles. The van der Waals surface area contributed by atoms with Crippen molar-refractivity contribution in [2.75, 3.05) is 13.1 Å². The van der Waals surface area contributed by atoms with Gasteiger partial charge in [0.05, 0.1) is 5.52 Å². The summed E-state index contributed by atoms with van der Waals surface area (Å²) in [5, 5.41) is 8.15. The Morgan fingerprint density at radius 1 is 1.11 bits per heavy atom. The molecule has 5 heteroatoms. The van der Waals surface area contributed by atoms with Crippen LogP contribution in [0.2, 0.25) is 0 Å². The Labute approximate surface area is 112 Å². The Hall–Kier alpha value is -1.91. The van der Waals surface area contributed by atoms with Crippen LogP contribution < -0.4 is 0 Å². The highest BCUT2D eigenvalue weighted by molar-refractivity contribution is 5.79. The van der Waals surface area contributed by atoms with E-state index in [0.717, 1.165) is 37.0 Å². The van der Waals surface area contributed by atoms with E-state index in [9.17, 15) is 4.79 Å². The molecule has 0 N–H and O–H groups in total. The van der Waals surface area contributed by atoms with E-state index in [0.29, 0.717) is 6.54 Å². The zero-order chi connectivity index (χ0) is 13.1. The number of hydrogen-bond donors (Lipinski definition) is 0. The lowest BCUT2D eigenvalue weighted by Gasteiger charge is -2.20. The van der Waals surface area contributed by atoms with Gasteiger partial charge in [0, 0.05) is 13.1 Å². The van der Waals surface area contributed by atoms with E-state index < -0.39 is 0 Å². The predicted molar refractivity (Wildman–Crippen MR) is 72.6 cm³/mol. The Kier molecular flexibility index (Phi) is 3.44. The topological polar surface area (TPSA) is 51.0 Å². The van der Waals surface area contributed by atoms with Crippen molar-refractivity contribution in [1.29, 1.82) is 0 Å². The molecule has 0 saturated carbocycles. The first-order chi connectivity index (χ1) is 9.34. The second-order valence-corrected chi connectivity index (χ2v) is 5.03. The summed E-state index contributed by atoms with van der Waals surface area (Å²) in [4.78, 5) is 14.3. The molecule has 100 valence electrons. The van der Waals surface area contributed by atoms with Gasteiger partial charge in [0.1, 0.15) is 12.1 Å². The van der Waals surface area contributed by atoms with Crippen LogP contribution in [0.15, 0.2) is 24.3 Å². The lowest BCUT2D eigenvalue weighted by molar-refractivity contribution is -0.131. The largest absolute Gasteiger partial charge is 0.341 e. The molecule has 0 bridgehead atoms. The van der Waals surface area contributed by atoms with E-state index in [-0.39, 0.29) is 5.91 Å². The van der Waals surface area contributed by atoms with Crippen LogP contribution in [-0.2, 0) is 11.3 Å². The summed E-state index contributed by atoms with van der Waals surface area (Å²) in [6, 6.07) is 7.73. The fourth-order valence-corrected chi connectivity index (χ4v) is 2.58.